The van der Waals surface area contributed by atoms with Crippen LogP contribution in [0.5, 0.6) is 0 Å². The van der Waals surface area contributed by atoms with Crippen LogP contribution >= 0.6 is 0 Å². The Kier molecular flexibility index (Phi) is 9.00. The average molecular weight is 834 g/mol. The molecule has 0 unspecified atom stereocenters. The van der Waals surface area contributed by atoms with Crippen molar-refractivity contribution in [3.8, 4) is 33.4 Å². The van der Waals surface area contributed by atoms with E-state index in [1.165, 1.54) is 60.8 Å². The number of anilines is 3. The van der Waals surface area contributed by atoms with Gasteiger partial charge in [-0.3, -0.25) is 0 Å². The van der Waals surface area contributed by atoms with Crippen molar-refractivity contribution >= 4 is 49.8 Å². The fourth-order valence-corrected chi connectivity index (χ4v) is 10.6. The van der Waals surface area contributed by atoms with Crippen LogP contribution < -0.4 is 4.90 Å². The zero-order valence-corrected chi connectivity index (χ0v) is 36.8. The predicted molar refractivity (Wildman–Crippen MR) is 273 cm³/mol. The van der Waals surface area contributed by atoms with Crippen LogP contribution in [0.1, 0.15) is 48.6 Å². The summed E-state index contributed by atoms with van der Waals surface area (Å²) in [6, 6.07) is 84.8. The Bertz CT molecular complexity index is 3520. The van der Waals surface area contributed by atoms with Crippen molar-refractivity contribution in [2.45, 2.75) is 31.6 Å². The molecule has 1 heterocycles. The Morgan fingerprint density at radius 1 is 0.400 bits per heavy atom. The molecule has 2 heteroatoms. The standard InChI is InChI=1S/C63H47NO/c1-62(2,3)46-32-26-42(27-33-46)43-28-34-49(35-29-43)64(58-39-31-44-16-10-11-21-51(44)61(58)45-30-37-54-53-23-13-15-25-59(53)65-60(54)40-45)50-36-38-57-55(41-50)52-22-12-14-24-56(52)63(57,47-17-6-4-7-18-47)48-19-8-5-9-20-48/h4-41H,1-3H3. The van der Waals surface area contributed by atoms with E-state index < -0.39 is 5.41 Å². The summed E-state index contributed by atoms with van der Waals surface area (Å²) < 4.78 is 6.54. The summed E-state index contributed by atoms with van der Waals surface area (Å²) in [6.45, 7) is 6.80. The van der Waals surface area contributed by atoms with Crippen LogP contribution in [0.15, 0.2) is 235 Å². The lowest BCUT2D eigenvalue weighted by molar-refractivity contribution is 0.590. The molecule has 1 aliphatic rings. The number of benzene rings is 10. The highest BCUT2D eigenvalue weighted by Gasteiger charge is 2.46. The molecule has 1 aliphatic carbocycles. The van der Waals surface area contributed by atoms with E-state index in [0.29, 0.717) is 0 Å². The molecule has 2 nitrogen and oxygen atoms in total. The summed E-state index contributed by atoms with van der Waals surface area (Å²) in [5.74, 6) is 0. The van der Waals surface area contributed by atoms with Gasteiger partial charge in [0, 0.05) is 27.7 Å². The molecular weight excluding hydrogens is 787 g/mol. The summed E-state index contributed by atoms with van der Waals surface area (Å²) in [6.07, 6.45) is 0. The summed E-state index contributed by atoms with van der Waals surface area (Å²) in [4.78, 5) is 2.46. The normalized spacial score (nSPS) is 13.0. The summed E-state index contributed by atoms with van der Waals surface area (Å²) in [5.41, 5.74) is 18.2. The first kappa shape index (κ1) is 38.7. The van der Waals surface area contributed by atoms with Crippen molar-refractivity contribution in [3.05, 3.63) is 258 Å². The SMILES string of the molecule is CC(C)(C)c1ccc(-c2ccc(N(c3ccc4c(c3)-c3ccccc3C4(c3ccccc3)c3ccccc3)c3ccc4ccccc4c3-c3ccc4c(c3)oc3ccccc34)cc2)cc1. The lowest BCUT2D eigenvalue weighted by atomic mass is 9.68. The molecule has 10 aromatic carbocycles. The Hall–Kier alpha value is -7.94. The zero-order valence-electron chi connectivity index (χ0n) is 36.8. The summed E-state index contributed by atoms with van der Waals surface area (Å²) >= 11 is 0. The second-order valence-corrected chi connectivity index (χ2v) is 18.5. The van der Waals surface area contributed by atoms with E-state index in [0.717, 1.165) is 50.1 Å². The fraction of sp³-hybridized carbons (Fsp3) is 0.0794. The van der Waals surface area contributed by atoms with Crippen molar-refractivity contribution in [3.63, 3.8) is 0 Å². The number of hydrogen-bond acceptors (Lipinski definition) is 2. The molecule has 0 atom stereocenters. The van der Waals surface area contributed by atoms with E-state index in [1.807, 2.05) is 6.07 Å². The molecule has 0 amide bonds. The van der Waals surface area contributed by atoms with Crippen LogP contribution in [0.3, 0.4) is 0 Å². The average Bonchev–Trinajstić information content (AvgIpc) is 3.88. The topological polar surface area (TPSA) is 16.4 Å². The molecule has 0 fully saturated rings. The van der Waals surface area contributed by atoms with Gasteiger partial charge in [-0.05, 0) is 120 Å². The maximum atomic E-state index is 6.54. The number of nitrogens with zero attached hydrogens (tertiary/aromatic N) is 1. The van der Waals surface area contributed by atoms with Gasteiger partial charge < -0.3 is 9.32 Å². The van der Waals surface area contributed by atoms with Crippen molar-refractivity contribution in [2.75, 3.05) is 4.90 Å². The number of hydrogen-bond donors (Lipinski definition) is 0. The maximum absolute atomic E-state index is 6.54. The monoisotopic (exact) mass is 833 g/mol. The number of para-hydroxylation sites is 1. The molecule has 0 aliphatic heterocycles. The summed E-state index contributed by atoms with van der Waals surface area (Å²) in [5, 5.41) is 4.61. The van der Waals surface area contributed by atoms with Gasteiger partial charge >= 0.3 is 0 Å². The van der Waals surface area contributed by atoms with Crippen molar-refractivity contribution < 1.29 is 4.42 Å². The molecule has 65 heavy (non-hydrogen) atoms. The van der Waals surface area contributed by atoms with Crippen molar-refractivity contribution in [2.24, 2.45) is 0 Å². The largest absolute Gasteiger partial charge is 0.456 e. The highest BCUT2D eigenvalue weighted by atomic mass is 16.3. The van der Waals surface area contributed by atoms with Gasteiger partial charge in [-0.2, -0.15) is 0 Å². The van der Waals surface area contributed by atoms with Gasteiger partial charge in [0.25, 0.3) is 0 Å². The van der Waals surface area contributed by atoms with Crippen LogP contribution in [0, 0.1) is 0 Å². The highest BCUT2D eigenvalue weighted by molar-refractivity contribution is 6.10. The van der Waals surface area contributed by atoms with Crippen LogP contribution in [-0.2, 0) is 10.8 Å². The van der Waals surface area contributed by atoms with Gasteiger partial charge in [-0.15, -0.1) is 0 Å². The summed E-state index contributed by atoms with van der Waals surface area (Å²) in [7, 11) is 0. The molecule has 0 spiro atoms. The lowest BCUT2D eigenvalue weighted by Crippen LogP contribution is -2.28. The molecule has 0 N–H and O–H groups in total. The third kappa shape index (κ3) is 6.24. The van der Waals surface area contributed by atoms with E-state index in [-0.39, 0.29) is 5.41 Å². The number of fused-ring (bicyclic) bond motifs is 7. The van der Waals surface area contributed by atoms with E-state index in [2.05, 4.69) is 250 Å². The minimum Gasteiger partial charge on any atom is -0.456 e. The van der Waals surface area contributed by atoms with Gasteiger partial charge in [0.2, 0.25) is 0 Å². The number of rotatable bonds is 7. The molecule has 0 saturated heterocycles. The zero-order chi connectivity index (χ0) is 43.7. The Labute approximate surface area is 380 Å². The highest BCUT2D eigenvalue weighted by Crippen LogP contribution is 2.57. The maximum Gasteiger partial charge on any atom is 0.136 e. The Morgan fingerprint density at radius 3 is 1.69 bits per heavy atom. The minimum absolute atomic E-state index is 0.0909. The smallest absolute Gasteiger partial charge is 0.136 e. The Balaban J connectivity index is 1.10. The third-order valence-electron chi connectivity index (χ3n) is 13.7. The first-order chi connectivity index (χ1) is 31.9. The quantitative estimate of drug-likeness (QED) is 0.159. The Morgan fingerprint density at radius 2 is 0.969 bits per heavy atom. The van der Waals surface area contributed by atoms with Crippen LogP contribution in [0.2, 0.25) is 0 Å². The van der Waals surface area contributed by atoms with Gasteiger partial charge in [-0.25, -0.2) is 0 Å². The second kappa shape index (κ2) is 15.1. The van der Waals surface area contributed by atoms with Crippen molar-refractivity contribution in [1.29, 1.82) is 0 Å². The van der Waals surface area contributed by atoms with Crippen molar-refractivity contribution in [1.82, 2.24) is 0 Å². The van der Waals surface area contributed by atoms with Crippen LogP contribution in [0.4, 0.5) is 17.1 Å². The molecule has 11 aromatic rings. The lowest BCUT2D eigenvalue weighted by Gasteiger charge is -2.34. The van der Waals surface area contributed by atoms with E-state index in [1.54, 1.807) is 0 Å². The van der Waals surface area contributed by atoms with E-state index in [9.17, 15) is 0 Å². The molecule has 0 bridgehead atoms. The van der Waals surface area contributed by atoms with E-state index >= 15 is 0 Å². The molecule has 0 radical (unpaired) electrons. The molecule has 12 rings (SSSR count). The fourth-order valence-electron chi connectivity index (χ4n) is 10.6. The first-order valence-electron chi connectivity index (χ1n) is 22.7. The minimum atomic E-state index is -0.488. The second-order valence-electron chi connectivity index (χ2n) is 18.5. The van der Waals surface area contributed by atoms with Gasteiger partial charge in [0.15, 0.2) is 0 Å². The molecule has 310 valence electrons. The molecule has 1 aromatic heterocycles. The molecule has 0 saturated carbocycles. The van der Waals surface area contributed by atoms with Gasteiger partial charge in [-0.1, -0.05) is 203 Å². The third-order valence-corrected chi connectivity index (χ3v) is 13.7. The van der Waals surface area contributed by atoms with Crippen LogP contribution in [-0.4, -0.2) is 0 Å². The number of furan rings is 1. The first-order valence-corrected chi connectivity index (χ1v) is 22.7. The van der Waals surface area contributed by atoms with Crippen LogP contribution in [0.25, 0.3) is 66.1 Å². The van der Waals surface area contributed by atoms with Gasteiger partial charge in [0.05, 0.1) is 11.1 Å². The van der Waals surface area contributed by atoms with Gasteiger partial charge in [0.1, 0.15) is 11.2 Å². The molecular formula is C63H47NO. The van der Waals surface area contributed by atoms with E-state index in [4.69, 9.17) is 4.42 Å². The predicted octanol–water partition coefficient (Wildman–Crippen LogP) is 17.2.